The van der Waals surface area contributed by atoms with Crippen LogP contribution in [0.4, 0.5) is 0 Å². The van der Waals surface area contributed by atoms with Crippen LogP contribution in [0.2, 0.25) is 0 Å². The Morgan fingerprint density at radius 3 is 1.90 bits per heavy atom. The van der Waals surface area contributed by atoms with Gasteiger partial charge in [-0.2, -0.15) is 5.26 Å². The molecule has 0 heterocycles. The molecular formula is C19H31N. The first kappa shape index (κ1) is 14.4. The average molecular weight is 273 g/mol. The Hall–Kier alpha value is -0.510. The Bertz CT molecular complexity index is 356. The fourth-order valence-electron chi connectivity index (χ4n) is 6.19. The molecule has 0 aromatic carbocycles. The van der Waals surface area contributed by atoms with Crippen LogP contribution in [0.15, 0.2) is 0 Å². The molecule has 3 saturated carbocycles. The van der Waals surface area contributed by atoms with Crippen molar-refractivity contribution in [3.8, 4) is 6.07 Å². The lowest BCUT2D eigenvalue weighted by atomic mass is 9.46. The van der Waals surface area contributed by atoms with Crippen molar-refractivity contribution in [3.63, 3.8) is 0 Å². The fraction of sp³-hybridized carbons (Fsp3) is 0.947. The van der Waals surface area contributed by atoms with E-state index in [-0.39, 0.29) is 5.41 Å². The third-order valence-corrected chi connectivity index (χ3v) is 6.70. The van der Waals surface area contributed by atoms with Crippen LogP contribution in [0.3, 0.4) is 0 Å². The predicted molar refractivity (Wildman–Crippen MR) is 83.0 cm³/mol. The highest BCUT2D eigenvalue weighted by Gasteiger charge is 2.55. The zero-order valence-electron chi connectivity index (χ0n) is 13.4. The lowest BCUT2D eigenvalue weighted by molar-refractivity contribution is -0.0658. The number of nitrogens with zero attached hydrogens (tertiary/aromatic N) is 1. The SMILES string of the molecule is CC(C)CC1(C#N)C2CCCCC2CC2CCCCC21. The summed E-state index contributed by atoms with van der Waals surface area (Å²) in [5.74, 6) is 3.87. The second-order valence-corrected chi connectivity index (χ2v) is 8.29. The van der Waals surface area contributed by atoms with Crippen LogP contribution in [-0.4, -0.2) is 0 Å². The van der Waals surface area contributed by atoms with Gasteiger partial charge in [0, 0.05) is 0 Å². The topological polar surface area (TPSA) is 23.8 Å². The highest BCUT2D eigenvalue weighted by atomic mass is 14.6. The Morgan fingerprint density at radius 2 is 1.45 bits per heavy atom. The standard InChI is InChI=1S/C19H31N/c1-14(2)12-19(13-20)17-9-5-3-7-15(17)11-16-8-4-6-10-18(16)19/h14-18H,3-12H2,1-2H3. The van der Waals surface area contributed by atoms with Crippen molar-refractivity contribution >= 4 is 0 Å². The van der Waals surface area contributed by atoms with E-state index >= 15 is 0 Å². The smallest absolute Gasteiger partial charge is 0.0695 e. The van der Waals surface area contributed by atoms with Crippen LogP contribution in [0.5, 0.6) is 0 Å². The van der Waals surface area contributed by atoms with Crippen LogP contribution in [0.1, 0.15) is 78.1 Å². The summed E-state index contributed by atoms with van der Waals surface area (Å²) in [4.78, 5) is 0. The number of rotatable bonds is 2. The first-order chi connectivity index (χ1) is 9.67. The van der Waals surface area contributed by atoms with E-state index < -0.39 is 0 Å². The lowest BCUT2D eigenvalue weighted by Gasteiger charge is -2.56. The van der Waals surface area contributed by atoms with Gasteiger partial charge in [0.15, 0.2) is 0 Å². The van der Waals surface area contributed by atoms with Gasteiger partial charge in [-0.15, -0.1) is 0 Å². The quantitative estimate of drug-likeness (QED) is 0.646. The van der Waals surface area contributed by atoms with Gasteiger partial charge in [-0.25, -0.2) is 0 Å². The van der Waals surface area contributed by atoms with Gasteiger partial charge in [-0.3, -0.25) is 0 Å². The van der Waals surface area contributed by atoms with Crippen LogP contribution in [0, 0.1) is 46.3 Å². The van der Waals surface area contributed by atoms with Crippen LogP contribution in [-0.2, 0) is 0 Å². The van der Waals surface area contributed by atoms with E-state index in [0.29, 0.717) is 5.92 Å². The second-order valence-electron chi connectivity index (χ2n) is 8.29. The van der Waals surface area contributed by atoms with Gasteiger partial charge in [0.2, 0.25) is 0 Å². The molecule has 3 aliphatic rings. The Labute approximate surface area is 125 Å². The van der Waals surface area contributed by atoms with Crippen molar-refractivity contribution in [1.82, 2.24) is 0 Å². The third kappa shape index (κ3) is 2.30. The van der Waals surface area contributed by atoms with E-state index in [4.69, 9.17) is 0 Å². The maximum atomic E-state index is 10.2. The molecule has 3 aliphatic carbocycles. The van der Waals surface area contributed by atoms with Crippen molar-refractivity contribution in [3.05, 3.63) is 0 Å². The Morgan fingerprint density at radius 1 is 0.950 bits per heavy atom. The minimum atomic E-state index is 0.0303. The first-order valence-electron chi connectivity index (χ1n) is 9.08. The molecule has 4 unspecified atom stereocenters. The third-order valence-electron chi connectivity index (χ3n) is 6.70. The summed E-state index contributed by atoms with van der Waals surface area (Å²) in [5, 5.41) is 10.2. The Kier molecular flexibility index (Phi) is 4.11. The van der Waals surface area contributed by atoms with Gasteiger partial charge >= 0.3 is 0 Å². The van der Waals surface area contributed by atoms with Crippen molar-refractivity contribution < 1.29 is 0 Å². The number of hydrogen-bond donors (Lipinski definition) is 0. The zero-order valence-corrected chi connectivity index (χ0v) is 13.4. The van der Waals surface area contributed by atoms with Crippen LogP contribution >= 0.6 is 0 Å². The van der Waals surface area contributed by atoms with E-state index in [1.807, 2.05) is 0 Å². The molecule has 0 bridgehead atoms. The molecule has 0 aliphatic heterocycles. The molecule has 0 amide bonds. The summed E-state index contributed by atoms with van der Waals surface area (Å²) >= 11 is 0. The number of nitriles is 1. The summed E-state index contributed by atoms with van der Waals surface area (Å²) in [6.07, 6.45) is 13.7. The average Bonchev–Trinajstić information content (AvgIpc) is 2.46. The van der Waals surface area contributed by atoms with Crippen LogP contribution < -0.4 is 0 Å². The summed E-state index contributed by atoms with van der Waals surface area (Å²) in [7, 11) is 0. The summed E-state index contributed by atoms with van der Waals surface area (Å²) in [6, 6.07) is 2.95. The van der Waals surface area contributed by atoms with E-state index in [1.54, 1.807) is 0 Å². The minimum Gasteiger partial charge on any atom is -0.198 e. The monoisotopic (exact) mass is 273 g/mol. The molecule has 3 rings (SSSR count). The Balaban J connectivity index is 1.96. The van der Waals surface area contributed by atoms with E-state index in [0.717, 1.165) is 30.1 Å². The highest BCUT2D eigenvalue weighted by molar-refractivity contribution is 5.13. The van der Waals surface area contributed by atoms with Crippen molar-refractivity contribution in [2.45, 2.75) is 78.1 Å². The van der Waals surface area contributed by atoms with E-state index in [1.165, 1.54) is 57.8 Å². The molecule has 0 spiro atoms. The van der Waals surface area contributed by atoms with Gasteiger partial charge in [0.1, 0.15) is 0 Å². The van der Waals surface area contributed by atoms with Crippen LogP contribution in [0.25, 0.3) is 0 Å². The fourth-order valence-corrected chi connectivity index (χ4v) is 6.19. The second kappa shape index (κ2) is 5.70. The van der Waals surface area contributed by atoms with Gasteiger partial charge < -0.3 is 0 Å². The van der Waals surface area contributed by atoms with Gasteiger partial charge in [-0.1, -0.05) is 52.4 Å². The van der Waals surface area contributed by atoms with E-state index in [9.17, 15) is 5.26 Å². The molecule has 0 N–H and O–H groups in total. The molecule has 4 atom stereocenters. The number of hydrogen-bond acceptors (Lipinski definition) is 1. The first-order valence-corrected chi connectivity index (χ1v) is 9.08. The normalized spacial score (nSPS) is 44.5. The molecule has 0 saturated heterocycles. The molecule has 20 heavy (non-hydrogen) atoms. The van der Waals surface area contributed by atoms with Gasteiger partial charge in [0.25, 0.3) is 0 Å². The van der Waals surface area contributed by atoms with Crippen molar-refractivity contribution in [2.24, 2.45) is 35.0 Å². The molecule has 1 nitrogen and oxygen atoms in total. The van der Waals surface area contributed by atoms with E-state index in [2.05, 4.69) is 19.9 Å². The molecule has 112 valence electrons. The zero-order chi connectivity index (χ0) is 14.2. The lowest BCUT2D eigenvalue weighted by Crippen LogP contribution is -2.51. The van der Waals surface area contributed by atoms with Crippen molar-refractivity contribution in [1.29, 1.82) is 5.26 Å². The summed E-state index contributed by atoms with van der Waals surface area (Å²) in [5.41, 5.74) is 0.0303. The van der Waals surface area contributed by atoms with Crippen molar-refractivity contribution in [2.75, 3.05) is 0 Å². The molecule has 0 aromatic rings. The molecule has 1 heteroatoms. The number of fused-ring (bicyclic) bond motifs is 2. The highest BCUT2D eigenvalue weighted by Crippen LogP contribution is 2.61. The maximum Gasteiger partial charge on any atom is 0.0695 e. The predicted octanol–water partition coefficient (Wildman–Crippen LogP) is 5.56. The molecule has 0 aromatic heterocycles. The maximum absolute atomic E-state index is 10.2. The minimum absolute atomic E-state index is 0.0303. The molecule has 3 fully saturated rings. The molecular weight excluding hydrogens is 242 g/mol. The summed E-state index contributed by atoms with van der Waals surface area (Å²) in [6.45, 7) is 4.65. The van der Waals surface area contributed by atoms with Gasteiger partial charge in [-0.05, 0) is 55.3 Å². The van der Waals surface area contributed by atoms with Gasteiger partial charge in [0.05, 0.1) is 11.5 Å². The largest absolute Gasteiger partial charge is 0.198 e. The summed E-state index contributed by atoms with van der Waals surface area (Å²) < 4.78 is 0. The molecule has 0 radical (unpaired) electrons.